The predicted molar refractivity (Wildman–Crippen MR) is 83.5 cm³/mol. The van der Waals surface area contributed by atoms with E-state index in [1.54, 1.807) is 6.07 Å². The van der Waals surface area contributed by atoms with Gasteiger partial charge in [-0.1, -0.05) is 33.6 Å². The van der Waals surface area contributed by atoms with Gasteiger partial charge in [0.1, 0.15) is 0 Å². The number of halogens is 1. The number of Topliss-reactive ketones (excluding diaryl/α,β-unsaturated/α-hetero) is 1. The molecule has 0 saturated carbocycles. The number of nitrogens with zero attached hydrogens (tertiary/aromatic N) is 1. The first-order valence-corrected chi connectivity index (χ1v) is 7.64. The Hall–Kier alpha value is -1.42. The van der Waals surface area contributed by atoms with Crippen LogP contribution in [0.25, 0.3) is 0 Å². The van der Waals surface area contributed by atoms with E-state index in [0.29, 0.717) is 18.0 Å². The number of ether oxygens (including phenoxy) is 1. The highest BCUT2D eigenvalue weighted by Gasteiger charge is 2.16. The zero-order valence-corrected chi connectivity index (χ0v) is 13.5. The average Bonchev–Trinajstić information content (AvgIpc) is 2.50. The molecule has 3 nitrogen and oxygen atoms in total. The molecular weight excluding hydrogens is 269 g/mol. The van der Waals surface area contributed by atoms with Crippen molar-refractivity contribution < 1.29 is 13.9 Å². The molecule has 0 atom stereocenters. The van der Waals surface area contributed by atoms with Crippen molar-refractivity contribution in [2.75, 3.05) is 26.7 Å². The highest BCUT2D eigenvalue weighted by Crippen LogP contribution is 2.18. The van der Waals surface area contributed by atoms with Crippen molar-refractivity contribution in [3.05, 3.63) is 29.6 Å². The molecule has 0 unspecified atom stereocenters. The van der Waals surface area contributed by atoms with Crippen LogP contribution in [0, 0.1) is 11.7 Å². The smallest absolute Gasteiger partial charge is 0.176 e. The van der Waals surface area contributed by atoms with Crippen LogP contribution in [0.2, 0.25) is 0 Å². The zero-order chi connectivity index (χ0) is 15.8. The van der Waals surface area contributed by atoms with Crippen molar-refractivity contribution in [2.24, 2.45) is 5.92 Å². The minimum absolute atomic E-state index is 0.0515. The molecule has 4 heteroatoms. The Morgan fingerprint density at radius 1 is 1.29 bits per heavy atom. The molecule has 1 rings (SSSR count). The van der Waals surface area contributed by atoms with Gasteiger partial charge in [0.15, 0.2) is 17.3 Å². The highest BCUT2D eigenvalue weighted by atomic mass is 19.1. The van der Waals surface area contributed by atoms with E-state index in [9.17, 15) is 9.18 Å². The number of carbonyl (C=O) groups excluding carboxylic acids is 1. The van der Waals surface area contributed by atoms with E-state index in [0.717, 1.165) is 25.9 Å². The summed E-state index contributed by atoms with van der Waals surface area (Å²) in [6.45, 7) is 8.45. The normalized spacial score (nSPS) is 11.2. The summed E-state index contributed by atoms with van der Waals surface area (Å²) in [5.74, 6) is 0.219. The molecule has 118 valence electrons. The van der Waals surface area contributed by atoms with E-state index in [2.05, 4.69) is 18.7 Å². The first kappa shape index (κ1) is 17.6. The van der Waals surface area contributed by atoms with Crippen molar-refractivity contribution >= 4 is 5.78 Å². The standard InChI is InChI=1S/C17H26FNO2/c1-5-13(6-2)11-19(7-3)12-16(20)14-8-9-17(21-4)15(18)10-14/h8-10,13H,5-7,11-12H2,1-4H3. The van der Waals surface area contributed by atoms with Gasteiger partial charge in [0.2, 0.25) is 0 Å². The minimum atomic E-state index is -0.494. The summed E-state index contributed by atoms with van der Waals surface area (Å²) in [4.78, 5) is 14.4. The summed E-state index contributed by atoms with van der Waals surface area (Å²) < 4.78 is 18.5. The second kappa shape index (κ2) is 8.78. The Morgan fingerprint density at radius 2 is 1.95 bits per heavy atom. The number of hydrogen-bond acceptors (Lipinski definition) is 3. The van der Waals surface area contributed by atoms with Crippen molar-refractivity contribution in [1.82, 2.24) is 4.90 Å². The van der Waals surface area contributed by atoms with E-state index >= 15 is 0 Å². The first-order chi connectivity index (χ1) is 10.0. The third kappa shape index (κ3) is 5.12. The van der Waals surface area contributed by atoms with Gasteiger partial charge in [0, 0.05) is 12.1 Å². The van der Waals surface area contributed by atoms with Gasteiger partial charge in [-0.25, -0.2) is 4.39 Å². The van der Waals surface area contributed by atoms with Crippen LogP contribution in [0.15, 0.2) is 18.2 Å². The van der Waals surface area contributed by atoms with Gasteiger partial charge in [-0.3, -0.25) is 9.69 Å². The van der Waals surface area contributed by atoms with Gasteiger partial charge < -0.3 is 4.74 Å². The average molecular weight is 295 g/mol. The number of carbonyl (C=O) groups is 1. The van der Waals surface area contributed by atoms with Gasteiger partial charge in [0.05, 0.1) is 13.7 Å². The fraction of sp³-hybridized carbons (Fsp3) is 0.588. The molecule has 0 amide bonds. The summed E-state index contributed by atoms with van der Waals surface area (Å²) >= 11 is 0. The molecule has 0 aliphatic heterocycles. The molecule has 0 aromatic heterocycles. The van der Waals surface area contributed by atoms with E-state index < -0.39 is 5.82 Å². The number of benzene rings is 1. The van der Waals surface area contributed by atoms with Crippen LogP contribution in [0.4, 0.5) is 4.39 Å². The highest BCUT2D eigenvalue weighted by molar-refractivity contribution is 5.97. The van der Waals surface area contributed by atoms with Gasteiger partial charge in [-0.15, -0.1) is 0 Å². The Morgan fingerprint density at radius 3 is 2.43 bits per heavy atom. The lowest BCUT2D eigenvalue weighted by molar-refractivity contribution is 0.0920. The number of likely N-dealkylation sites (N-methyl/N-ethyl adjacent to an activating group) is 1. The molecule has 0 saturated heterocycles. The number of ketones is 1. The third-order valence-corrected chi connectivity index (χ3v) is 3.96. The molecule has 0 aliphatic rings. The molecule has 21 heavy (non-hydrogen) atoms. The van der Waals surface area contributed by atoms with Crippen molar-refractivity contribution in [1.29, 1.82) is 0 Å². The summed E-state index contributed by atoms with van der Waals surface area (Å²) in [5.41, 5.74) is 0.399. The Balaban J connectivity index is 2.72. The fourth-order valence-corrected chi connectivity index (χ4v) is 2.35. The third-order valence-electron chi connectivity index (χ3n) is 3.96. The van der Waals surface area contributed by atoms with Gasteiger partial charge in [-0.2, -0.15) is 0 Å². The van der Waals surface area contributed by atoms with E-state index in [-0.39, 0.29) is 11.5 Å². The van der Waals surface area contributed by atoms with E-state index in [4.69, 9.17) is 4.74 Å². The van der Waals surface area contributed by atoms with Crippen LogP contribution in [-0.2, 0) is 0 Å². The van der Waals surface area contributed by atoms with Crippen molar-refractivity contribution in [2.45, 2.75) is 33.6 Å². The first-order valence-electron chi connectivity index (χ1n) is 7.64. The number of hydrogen-bond donors (Lipinski definition) is 0. The van der Waals surface area contributed by atoms with Gasteiger partial charge in [-0.05, 0) is 30.7 Å². The summed E-state index contributed by atoms with van der Waals surface area (Å²) in [7, 11) is 1.41. The van der Waals surface area contributed by atoms with E-state index in [1.807, 2.05) is 6.92 Å². The maximum absolute atomic E-state index is 13.7. The summed E-state index contributed by atoms with van der Waals surface area (Å²) in [5, 5.41) is 0. The van der Waals surface area contributed by atoms with Crippen LogP contribution in [0.5, 0.6) is 5.75 Å². The van der Waals surface area contributed by atoms with Gasteiger partial charge in [0.25, 0.3) is 0 Å². The molecule has 0 heterocycles. The molecule has 0 bridgehead atoms. The molecule has 0 fully saturated rings. The monoisotopic (exact) mass is 295 g/mol. The van der Waals surface area contributed by atoms with Crippen LogP contribution >= 0.6 is 0 Å². The molecule has 0 spiro atoms. The SMILES string of the molecule is CCC(CC)CN(CC)CC(=O)c1ccc(OC)c(F)c1. The molecule has 0 radical (unpaired) electrons. The largest absolute Gasteiger partial charge is 0.494 e. The second-order valence-electron chi connectivity index (χ2n) is 5.28. The van der Waals surface area contributed by atoms with Crippen molar-refractivity contribution in [3.63, 3.8) is 0 Å². The quantitative estimate of drug-likeness (QED) is 0.649. The molecule has 0 aliphatic carbocycles. The Kier molecular flexibility index (Phi) is 7.37. The van der Waals surface area contributed by atoms with Crippen molar-refractivity contribution in [3.8, 4) is 5.75 Å². The minimum Gasteiger partial charge on any atom is -0.494 e. The molecule has 0 N–H and O–H groups in total. The summed E-state index contributed by atoms with van der Waals surface area (Å²) in [6, 6.07) is 4.38. The second-order valence-corrected chi connectivity index (χ2v) is 5.28. The maximum atomic E-state index is 13.7. The zero-order valence-electron chi connectivity index (χ0n) is 13.5. The summed E-state index contributed by atoms with van der Waals surface area (Å²) in [6.07, 6.45) is 2.22. The lowest BCUT2D eigenvalue weighted by Gasteiger charge is -2.24. The Labute approximate surface area is 127 Å². The van der Waals surface area contributed by atoms with Crippen LogP contribution < -0.4 is 4.74 Å². The van der Waals surface area contributed by atoms with Crippen LogP contribution in [0.3, 0.4) is 0 Å². The van der Waals surface area contributed by atoms with Crippen LogP contribution in [0.1, 0.15) is 44.0 Å². The molecule has 1 aromatic carbocycles. The fourth-order valence-electron chi connectivity index (χ4n) is 2.35. The number of rotatable bonds is 9. The topological polar surface area (TPSA) is 29.5 Å². The van der Waals surface area contributed by atoms with E-state index in [1.165, 1.54) is 19.2 Å². The lowest BCUT2D eigenvalue weighted by atomic mass is 10.0. The maximum Gasteiger partial charge on any atom is 0.176 e. The predicted octanol–water partition coefficient (Wildman–Crippen LogP) is 3.78. The molecular formula is C17H26FNO2. The lowest BCUT2D eigenvalue weighted by Crippen LogP contribution is -2.34. The van der Waals surface area contributed by atoms with Gasteiger partial charge >= 0.3 is 0 Å². The number of methoxy groups -OCH3 is 1. The Bertz CT molecular complexity index is 458. The van der Waals surface area contributed by atoms with Crippen LogP contribution in [-0.4, -0.2) is 37.4 Å². The molecule has 1 aromatic rings.